The van der Waals surface area contributed by atoms with E-state index in [2.05, 4.69) is 26.6 Å². The number of hydrogen-bond acceptors (Lipinski definition) is 4. The van der Waals surface area contributed by atoms with E-state index in [4.69, 9.17) is 9.47 Å². The number of rotatable bonds is 8. The van der Waals surface area contributed by atoms with Crippen LogP contribution in [0.5, 0.6) is 5.75 Å². The molecule has 2 N–H and O–H groups in total. The molecule has 0 radical (unpaired) electrons. The lowest BCUT2D eigenvalue weighted by Crippen LogP contribution is -2.39. The number of anilines is 1. The molecule has 0 aliphatic rings. The molecule has 0 aromatic heterocycles. The number of hydrogen-bond donors (Lipinski definition) is 2. The van der Waals surface area contributed by atoms with Crippen molar-refractivity contribution in [3.63, 3.8) is 0 Å². The topological polar surface area (TPSA) is 76.7 Å². The van der Waals surface area contributed by atoms with Gasteiger partial charge in [-0.15, -0.1) is 0 Å². The lowest BCUT2D eigenvalue weighted by atomic mass is 10.2. The Morgan fingerprint density at radius 3 is 2.67 bits per heavy atom. The normalized spacial score (nSPS) is 11.6. The van der Waals surface area contributed by atoms with E-state index >= 15 is 0 Å². The standard InChI is InChI=1S/C20H23BrN2O4/c1-13-9-16(21)7-8-18(13)23-19(24)11-22-20(25)14(2)27-12-15-5-4-6-17(10-15)26-3/h4-10,14H,11-12H2,1-3H3,(H,22,25)(H,23,24). The van der Waals surface area contributed by atoms with Gasteiger partial charge in [0, 0.05) is 10.2 Å². The molecule has 0 aliphatic heterocycles. The molecule has 2 amide bonds. The lowest BCUT2D eigenvalue weighted by molar-refractivity contribution is -0.133. The Morgan fingerprint density at radius 1 is 1.19 bits per heavy atom. The summed E-state index contributed by atoms with van der Waals surface area (Å²) in [7, 11) is 1.59. The predicted molar refractivity (Wildman–Crippen MR) is 108 cm³/mol. The summed E-state index contributed by atoms with van der Waals surface area (Å²) in [5, 5.41) is 5.36. The molecule has 1 unspecified atom stereocenters. The monoisotopic (exact) mass is 434 g/mol. The smallest absolute Gasteiger partial charge is 0.249 e. The molecule has 27 heavy (non-hydrogen) atoms. The Bertz CT molecular complexity index is 810. The first-order valence-electron chi connectivity index (χ1n) is 8.47. The number of ether oxygens (including phenoxy) is 2. The first-order chi connectivity index (χ1) is 12.9. The van der Waals surface area contributed by atoms with Gasteiger partial charge in [0.05, 0.1) is 20.3 Å². The number of carbonyl (C=O) groups excluding carboxylic acids is 2. The second-order valence-corrected chi connectivity index (χ2v) is 6.95. The summed E-state index contributed by atoms with van der Waals surface area (Å²) in [5.41, 5.74) is 2.54. The van der Waals surface area contributed by atoms with Gasteiger partial charge in [-0.1, -0.05) is 28.1 Å². The molecular weight excluding hydrogens is 412 g/mol. The van der Waals surface area contributed by atoms with Crippen molar-refractivity contribution in [3.8, 4) is 5.75 Å². The number of aryl methyl sites for hydroxylation is 1. The fourth-order valence-corrected chi connectivity index (χ4v) is 2.81. The van der Waals surface area contributed by atoms with Gasteiger partial charge in [0.25, 0.3) is 0 Å². The van der Waals surface area contributed by atoms with Crippen molar-refractivity contribution in [1.82, 2.24) is 5.32 Å². The summed E-state index contributed by atoms with van der Waals surface area (Å²) >= 11 is 3.38. The van der Waals surface area contributed by atoms with Crippen molar-refractivity contribution < 1.29 is 19.1 Å². The zero-order chi connectivity index (χ0) is 19.8. The van der Waals surface area contributed by atoms with E-state index in [1.807, 2.05) is 43.3 Å². The fourth-order valence-electron chi connectivity index (χ4n) is 2.33. The highest BCUT2D eigenvalue weighted by atomic mass is 79.9. The van der Waals surface area contributed by atoms with Gasteiger partial charge in [-0.3, -0.25) is 9.59 Å². The van der Waals surface area contributed by atoms with E-state index < -0.39 is 6.10 Å². The molecule has 2 aromatic rings. The molecule has 2 aromatic carbocycles. The quantitative estimate of drug-likeness (QED) is 0.666. The van der Waals surface area contributed by atoms with Crippen molar-refractivity contribution in [1.29, 1.82) is 0 Å². The molecular formula is C20H23BrN2O4. The van der Waals surface area contributed by atoms with Crippen molar-refractivity contribution in [2.24, 2.45) is 0 Å². The van der Waals surface area contributed by atoms with Gasteiger partial charge in [-0.2, -0.15) is 0 Å². The number of methoxy groups -OCH3 is 1. The average Bonchev–Trinajstić information content (AvgIpc) is 2.66. The largest absolute Gasteiger partial charge is 0.497 e. The Kier molecular flexibility index (Phi) is 7.82. The number of carbonyl (C=O) groups is 2. The van der Waals surface area contributed by atoms with Gasteiger partial charge in [-0.05, 0) is 55.3 Å². The number of nitrogens with one attached hydrogen (secondary N) is 2. The highest BCUT2D eigenvalue weighted by Gasteiger charge is 2.15. The molecule has 0 saturated carbocycles. The van der Waals surface area contributed by atoms with Crippen LogP contribution in [0.4, 0.5) is 5.69 Å². The van der Waals surface area contributed by atoms with Crippen LogP contribution in [-0.4, -0.2) is 31.6 Å². The predicted octanol–water partition coefficient (Wildman–Crippen LogP) is 3.43. The highest BCUT2D eigenvalue weighted by molar-refractivity contribution is 9.10. The second kappa shape index (κ2) is 10.1. The number of halogens is 1. The van der Waals surface area contributed by atoms with Crippen LogP contribution in [0.3, 0.4) is 0 Å². The molecule has 1 atom stereocenters. The summed E-state index contributed by atoms with van der Waals surface area (Å²) < 4.78 is 11.7. The highest BCUT2D eigenvalue weighted by Crippen LogP contribution is 2.19. The zero-order valence-corrected chi connectivity index (χ0v) is 17.1. The SMILES string of the molecule is COc1cccc(COC(C)C(=O)NCC(=O)Nc2ccc(Br)cc2C)c1. The maximum Gasteiger partial charge on any atom is 0.249 e. The first-order valence-corrected chi connectivity index (χ1v) is 9.26. The van der Waals surface area contributed by atoms with Crippen LogP contribution in [-0.2, 0) is 20.9 Å². The second-order valence-electron chi connectivity index (χ2n) is 6.03. The third-order valence-corrected chi connectivity index (χ3v) is 4.38. The summed E-state index contributed by atoms with van der Waals surface area (Å²) in [6.45, 7) is 3.69. The van der Waals surface area contributed by atoms with Crippen molar-refractivity contribution in [2.75, 3.05) is 19.0 Å². The van der Waals surface area contributed by atoms with Crippen LogP contribution in [0.1, 0.15) is 18.1 Å². The third-order valence-electron chi connectivity index (χ3n) is 3.89. The first kappa shape index (κ1) is 20.9. The summed E-state index contributed by atoms with van der Waals surface area (Å²) in [5.74, 6) is 0.0856. The maximum atomic E-state index is 12.1. The molecule has 144 valence electrons. The van der Waals surface area contributed by atoms with Gasteiger partial charge < -0.3 is 20.1 Å². The van der Waals surface area contributed by atoms with E-state index in [1.54, 1.807) is 20.1 Å². The van der Waals surface area contributed by atoms with Crippen molar-refractivity contribution in [2.45, 2.75) is 26.6 Å². The molecule has 0 spiro atoms. The Labute approximate surface area is 167 Å². The van der Waals surface area contributed by atoms with Gasteiger partial charge in [0.2, 0.25) is 11.8 Å². The van der Waals surface area contributed by atoms with Crippen molar-refractivity contribution in [3.05, 3.63) is 58.1 Å². The Morgan fingerprint density at radius 2 is 1.96 bits per heavy atom. The lowest BCUT2D eigenvalue weighted by Gasteiger charge is -2.14. The van der Waals surface area contributed by atoms with Crippen LogP contribution in [0.25, 0.3) is 0 Å². The summed E-state index contributed by atoms with van der Waals surface area (Å²) in [6, 6.07) is 13.0. The Balaban J connectivity index is 1.77. The van der Waals surface area contributed by atoms with E-state index in [9.17, 15) is 9.59 Å². The summed E-state index contributed by atoms with van der Waals surface area (Å²) in [6.07, 6.45) is -0.682. The fraction of sp³-hybridized carbons (Fsp3) is 0.300. The number of amides is 2. The molecule has 0 aliphatic carbocycles. The average molecular weight is 435 g/mol. The van der Waals surface area contributed by atoms with Crippen LogP contribution in [0, 0.1) is 6.92 Å². The third kappa shape index (κ3) is 6.69. The van der Waals surface area contributed by atoms with Gasteiger partial charge >= 0.3 is 0 Å². The molecule has 7 heteroatoms. The van der Waals surface area contributed by atoms with E-state index in [0.717, 1.165) is 21.3 Å². The maximum absolute atomic E-state index is 12.1. The van der Waals surface area contributed by atoms with Gasteiger partial charge in [0.1, 0.15) is 11.9 Å². The molecule has 0 heterocycles. The van der Waals surface area contributed by atoms with Gasteiger partial charge in [-0.25, -0.2) is 0 Å². The zero-order valence-electron chi connectivity index (χ0n) is 15.5. The minimum atomic E-state index is -0.682. The van der Waals surface area contributed by atoms with Crippen LogP contribution < -0.4 is 15.4 Å². The Hall–Kier alpha value is -2.38. The minimum absolute atomic E-state index is 0.124. The van der Waals surface area contributed by atoms with Crippen molar-refractivity contribution >= 4 is 33.4 Å². The van der Waals surface area contributed by atoms with Crippen LogP contribution in [0.15, 0.2) is 46.9 Å². The van der Waals surface area contributed by atoms with E-state index in [-0.39, 0.29) is 25.0 Å². The van der Waals surface area contributed by atoms with Crippen LogP contribution in [0.2, 0.25) is 0 Å². The molecule has 0 saturated heterocycles. The van der Waals surface area contributed by atoms with E-state index in [0.29, 0.717) is 5.69 Å². The van der Waals surface area contributed by atoms with Gasteiger partial charge in [0.15, 0.2) is 0 Å². The molecule has 6 nitrogen and oxygen atoms in total. The van der Waals surface area contributed by atoms with E-state index in [1.165, 1.54) is 0 Å². The molecule has 0 fully saturated rings. The molecule has 0 bridgehead atoms. The van der Waals surface area contributed by atoms with Crippen LogP contribution >= 0.6 is 15.9 Å². The summed E-state index contributed by atoms with van der Waals surface area (Å²) in [4.78, 5) is 24.1. The minimum Gasteiger partial charge on any atom is -0.497 e. The number of benzene rings is 2. The molecule has 2 rings (SSSR count).